The fourth-order valence-electron chi connectivity index (χ4n) is 1.78. The number of rotatable bonds is 2. The van der Waals surface area contributed by atoms with Gasteiger partial charge in [-0.1, -0.05) is 30.3 Å². The number of amides is 1. The smallest absolute Gasteiger partial charge is 0.261 e. The van der Waals surface area contributed by atoms with Crippen molar-refractivity contribution in [2.45, 2.75) is 6.92 Å². The molecule has 0 aliphatic rings. The molecule has 0 atom stereocenters. The van der Waals surface area contributed by atoms with E-state index in [9.17, 15) is 9.59 Å². The standard InChI is InChI=1S/C13H12N2O2/c1-8-7-10(9-5-3-2-4-6-9)11(12(14)16)13(17)15-8/h2-7H,1H3,(H2,14,16)(H,15,17). The molecule has 1 amide bonds. The van der Waals surface area contributed by atoms with E-state index in [0.717, 1.165) is 5.56 Å². The third-order valence-corrected chi connectivity index (χ3v) is 2.50. The van der Waals surface area contributed by atoms with Crippen molar-refractivity contribution in [3.8, 4) is 11.1 Å². The molecule has 4 heteroatoms. The van der Waals surface area contributed by atoms with Crippen molar-refractivity contribution in [2.75, 3.05) is 0 Å². The summed E-state index contributed by atoms with van der Waals surface area (Å²) in [5.41, 5.74) is 6.86. The molecule has 17 heavy (non-hydrogen) atoms. The second-order valence-corrected chi connectivity index (χ2v) is 3.80. The number of carbonyl (C=O) groups is 1. The van der Waals surface area contributed by atoms with Gasteiger partial charge in [-0.2, -0.15) is 0 Å². The molecular weight excluding hydrogens is 216 g/mol. The molecule has 86 valence electrons. The zero-order valence-electron chi connectivity index (χ0n) is 9.36. The lowest BCUT2D eigenvalue weighted by Gasteiger charge is -2.07. The average molecular weight is 228 g/mol. The monoisotopic (exact) mass is 228 g/mol. The van der Waals surface area contributed by atoms with Crippen LogP contribution in [0.3, 0.4) is 0 Å². The number of carbonyl (C=O) groups excluding carboxylic acids is 1. The van der Waals surface area contributed by atoms with Crippen LogP contribution in [0.25, 0.3) is 11.1 Å². The molecule has 1 aromatic heterocycles. The van der Waals surface area contributed by atoms with Crippen molar-refractivity contribution in [2.24, 2.45) is 5.73 Å². The summed E-state index contributed by atoms with van der Waals surface area (Å²) in [6.45, 7) is 1.76. The van der Waals surface area contributed by atoms with Crippen LogP contribution in [-0.4, -0.2) is 10.9 Å². The quantitative estimate of drug-likeness (QED) is 0.816. The van der Waals surface area contributed by atoms with Gasteiger partial charge in [0.15, 0.2) is 0 Å². The summed E-state index contributed by atoms with van der Waals surface area (Å²) in [6.07, 6.45) is 0. The highest BCUT2D eigenvalue weighted by molar-refractivity contribution is 5.99. The largest absolute Gasteiger partial charge is 0.365 e. The molecule has 0 aliphatic heterocycles. The lowest BCUT2D eigenvalue weighted by molar-refractivity contribution is 0.0999. The van der Waals surface area contributed by atoms with Crippen molar-refractivity contribution in [1.82, 2.24) is 4.98 Å². The van der Waals surface area contributed by atoms with Gasteiger partial charge in [-0.25, -0.2) is 0 Å². The first-order valence-electron chi connectivity index (χ1n) is 5.18. The molecule has 0 unspecified atom stereocenters. The number of hydrogen-bond acceptors (Lipinski definition) is 2. The Bertz CT molecular complexity index is 615. The summed E-state index contributed by atoms with van der Waals surface area (Å²) in [5.74, 6) is -0.717. The summed E-state index contributed by atoms with van der Waals surface area (Å²) in [6, 6.07) is 11.0. The minimum absolute atomic E-state index is 0.00167. The number of aryl methyl sites for hydroxylation is 1. The van der Waals surface area contributed by atoms with Crippen LogP contribution in [0, 0.1) is 6.92 Å². The molecule has 0 aliphatic carbocycles. The Morgan fingerprint density at radius 3 is 2.47 bits per heavy atom. The number of H-pyrrole nitrogens is 1. The first kappa shape index (κ1) is 11.1. The Hall–Kier alpha value is -2.36. The van der Waals surface area contributed by atoms with Gasteiger partial charge in [-0.3, -0.25) is 9.59 Å². The van der Waals surface area contributed by atoms with Crippen molar-refractivity contribution < 1.29 is 4.79 Å². The average Bonchev–Trinajstić information content (AvgIpc) is 2.28. The van der Waals surface area contributed by atoms with Crippen molar-refractivity contribution in [3.63, 3.8) is 0 Å². The number of pyridine rings is 1. The van der Waals surface area contributed by atoms with Gasteiger partial charge in [0, 0.05) is 11.3 Å². The molecule has 0 saturated carbocycles. The van der Waals surface area contributed by atoms with E-state index in [4.69, 9.17) is 5.73 Å². The maximum absolute atomic E-state index is 11.7. The first-order valence-corrected chi connectivity index (χ1v) is 5.18. The highest BCUT2D eigenvalue weighted by atomic mass is 16.2. The first-order chi connectivity index (χ1) is 8.09. The van der Waals surface area contributed by atoms with E-state index < -0.39 is 11.5 Å². The third kappa shape index (κ3) is 2.10. The normalized spacial score (nSPS) is 10.2. The Kier molecular flexibility index (Phi) is 2.78. The van der Waals surface area contributed by atoms with Gasteiger partial charge < -0.3 is 10.7 Å². The van der Waals surface area contributed by atoms with E-state index in [0.29, 0.717) is 11.3 Å². The molecule has 1 aromatic carbocycles. The molecule has 3 N–H and O–H groups in total. The fraction of sp³-hybridized carbons (Fsp3) is 0.0769. The number of benzene rings is 1. The molecule has 2 aromatic rings. The summed E-state index contributed by atoms with van der Waals surface area (Å²) in [5, 5.41) is 0. The maximum atomic E-state index is 11.7. The third-order valence-electron chi connectivity index (χ3n) is 2.50. The molecule has 0 spiro atoms. The zero-order chi connectivity index (χ0) is 12.4. The Balaban J connectivity index is 2.77. The SMILES string of the molecule is Cc1cc(-c2ccccc2)c(C(N)=O)c(=O)[nH]1. The second kappa shape index (κ2) is 4.25. The lowest BCUT2D eigenvalue weighted by atomic mass is 10.0. The number of nitrogens with one attached hydrogen (secondary N) is 1. The summed E-state index contributed by atoms with van der Waals surface area (Å²) in [4.78, 5) is 25.6. The van der Waals surface area contributed by atoms with Gasteiger partial charge >= 0.3 is 0 Å². The lowest BCUT2D eigenvalue weighted by Crippen LogP contribution is -2.25. The van der Waals surface area contributed by atoms with E-state index in [2.05, 4.69) is 4.98 Å². The predicted molar refractivity (Wildman–Crippen MR) is 65.8 cm³/mol. The minimum atomic E-state index is -0.717. The number of aromatic amines is 1. The maximum Gasteiger partial charge on any atom is 0.261 e. The predicted octanol–water partition coefficient (Wildman–Crippen LogP) is 1.45. The van der Waals surface area contributed by atoms with Gasteiger partial charge in [0.05, 0.1) is 0 Å². The molecule has 0 bridgehead atoms. The Labute approximate surface area is 98.1 Å². The Morgan fingerprint density at radius 1 is 1.24 bits per heavy atom. The topological polar surface area (TPSA) is 76.0 Å². The molecular formula is C13H12N2O2. The van der Waals surface area contributed by atoms with E-state index in [-0.39, 0.29) is 5.56 Å². The minimum Gasteiger partial charge on any atom is -0.365 e. The van der Waals surface area contributed by atoms with Crippen LogP contribution in [0.4, 0.5) is 0 Å². The Morgan fingerprint density at radius 2 is 1.88 bits per heavy atom. The van der Waals surface area contributed by atoms with Gasteiger partial charge in [0.1, 0.15) is 5.56 Å². The van der Waals surface area contributed by atoms with E-state index in [1.807, 2.05) is 30.3 Å². The fourth-order valence-corrected chi connectivity index (χ4v) is 1.78. The van der Waals surface area contributed by atoms with E-state index in [1.165, 1.54) is 0 Å². The van der Waals surface area contributed by atoms with Crippen LogP contribution in [0.5, 0.6) is 0 Å². The highest BCUT2D eigenvalue weighted by Gasteiger charge is 2.14. The number of nitrogens with two attached hydrogens (primary N) is 1. The molecule has 0 fully saturated rings. The van der Waals surface area contributed by atoms with E-state index in [1.54, 1.807) is 13.0 Å². The van der Waals surface area contributed by atoms with Crippen molar-refractivity contribution >= 4 is 5.91 Å². The second-order valence-electron chi connectivity index (χ2n) is 3.80. The van der Waals surface area contributed by atoms with Crippen LogP contribution < -0.4 is 11.3 Å². The molecule has 0 radical (unpaired) electrons. The number of aromatic nitrogens is 1. The van der Waals surface area contributed by atoms with Crippen molar-refractivity contribution in [1.29, 1.82) is 0 Å². The highest BCUT2D eigenvalue weighted by Crippen LogP contribution is 2.21. The zero-order valence-corrected chi connectivity index (χ0v) is 9.36. The van der Waals surface area contributed by atoms with Gasteiger partial charge in [0.2, 0.25) is 0 Å². The van der Waals surface area contributed by atoms with E-state index >= 15 is 0 Å². The van der Waals surface area contributed by atoms with Crippen LogP contribution >= 0.6 is 0 Å². The number of hydrogen-bond donors (Lipinski definition) is 2. The van der Waals surface area contributed by atoms with Gasteiger partial charge in [-0.15, -0.1) is 0 Å². The van der Waals surface area contributed by atoms with Gasteiger partial charge in [0.25, 0.3) is 11.5 Å². The van der Waals surface area contributed by atoms with Crippen LogP contribution in [0.2, 0.25) is 0 Å². The molecule has 4 nitrogen and oxygen atoms in total. The molecule has 0 saturated heterocycles. The summed E-state index contributed by atoms with van der Waals surface area (Å²) < 4.78 is 0. The summed E-state index contributed by atoms with van der Waals surface area (Å²) in [7, 11) is 0. The van der Waals surface area contributed by atoms with Crippen molar-refractivity contribution in [3.05, 3.63) is 58.0 Å². The summed E-state index contributed by atoms with van der Waals surface area (Å²) >= 11 is 0. The molecule has 2 rings (SSSR count). The van der Waals surface area contributed by atoms with Gasteiger partial charge in [-0.05, 0) is 18.6 Å². The van der Waals surface area contributed by atoms with Crippen LogP contribution in [0.1, 0.15) is 16.1 Å². The van der Waals surface area contributed by atoms with Crippen LogP contribution in [-0.2, 0) is 0 Å². The molecule has 1 heterocycles. The number of primary amides is 1. The van der Waals surface area contributed by atoms with Crippen LogP contribution in [0.15, 0.2) is 41.2 Å².